The zero-order valence-electron chi connectivity index (χ0n) is 12.1. The van der Waals surface area contributed by atoms with Gasteiger partial charge < -0.3 is 21.3 Å². The molecule has 1 aliphatic rings. The molecule has 22 heavy (non-hydrogen) atoms. The van der Waals surface area contributed by atoms with E-state index in [1.807, 2.05) is 0 Å². The number of amides is 1. The minimum atomic E-state index is -0.0485. The SMILES string of the molecule is Nc1cc(N)cc(C(=O)N2CCN(c3ncccn3)CC2)c1. The molecular weight excluding hydrogens is 280 g/mol. The van der Waals surface area contributed by atoms with Crippen LogP contribution in [0.2, 0.25) is 0 Å². The van der Waals surface area contributed by atoms with Crippen LogP contribution in [0.4, 0.5) is 17.3 Å². The lowest BCUT2D eigenvalue weighted by Gasteiger charge is -2.34. The molecule has 0 atom stereocenters. The third-order valence-electron chi connectivity index (χ3n) is 3.63. The molecule has 4 N–H and O–H groups in total. The minimum Gasteiger partial charge on any atom is -0.399 e. The third-order valence-corrected chi connectivity index (χ3v) is 3.63. The van der Waals surface area contributed by atoms with Gasteiger partial charge in [-0.15, -0.1) is 0 Å². The number of nitrogen functional groups attached to an aromatic ring is 2. The molecule has 1 aromatic carbocycles. The van der Waals surface area contributed by atoms with E-state index in [2.05, 4.69) is 14.9 Å². The van der Waals surface area contributed by atoms with Gasteiger partial charge in [0.15, 0.2) is 0 Å². The highest BCUT2D eigenvalue weighted by Crippen LogP contribution is 2.17. The summed E-state index contributed by atoms with van der Waals surface area (Å²) in [5.74, 6) is 0.649. The Balaban J connectivity index is 1.67. The normalized spacial score (nSPS) is 14.9. The second kappa shape index (κ2) is 5.88. The number of carbonyl (C=O) groups excluding carboxylic acids is 1. The Morgan fingerprint density at radius 1 is 0.955 bits per heavy atom. The van der Waals surface area contributed by atoms with Crippen molar-refractivity contribution in [2.75, 3.05) is 42.5 Å². The number of nitrogens with two attached hydrogens (primary N) is 2. The van der Waals surface area contributed by atoms with E-state index in [0.29, 0.717) is 49.1 Å². The summed E-state index contributed by atoms with van der Waals surface area (Å²) in [5.41, 5.74) is 13.0. The number of hydrogen-bond acceptors (Lipinski definition) is 6. The van der Waals surface area contributed by atoms with Gasteiger partial charge in [-0.1, -0.05) is 0 Å². The van der Waals surface area contributed by atoms with E-state index in [-0.39, 0.29) is 5.91 Å². The van der Waals surface area contributed by atoms with E-state index >= 15 is 0 Å². The van der Waals surface area contributed by atoms with E-state index in [9.17, 15) is 4.79 Å². The van der Waals surface area contributed by atoms with Crippen LogP contribution in [0.3, 0.4) is 0 Å². The molecule has 0 bridgehead atoms. The average molecular weight is 298 g/mol. The summed E-state index contributed by atoms with van der Waals surface area (Å²) in [4.78, 5) is 24.8. The maximum Gasteiger partial charge on any atom is 0.254 e. The number of nitrogens with zero attached hydrogens (tertiary/aromatic N) is 4. The smallest absolute Gasteiger partial charge is 0.254 e. The topological polar surface area (TPSA) is 101 Å². The Hall–Kier alpha value is -2.83. The first-order valence-electron chi connectivity index (χ1n) is 7.11. The van der Waals surface area contributed by atoms with E-state index in [1.165, 1.54) is 0 Å². The molecule has 0 aliphatic carbocycles. The molecule has 1 fully saturated rings. The highest BCUT2D eigenvalue weighted by molar-refractivity contribution is 5.96. The van der Waals surface area contributed by atoms with Crippen molar-refractivity contribution >= 4 is 23.2 Å². The zero-order valence-corrected chi connectivity index (χ0v) is 12.1. The van der Waals surface area contributed by atoms with E-state index in [0.717, 1.165) is 0 Å². The average Bonchev–Trinajstić information content (AvgIpc) is 2.54. The molecule has 3 rings (SSSR count). The summed E-state index contributed by atoms with van der Waals surface area (Å²) in [7, 11) is 0. The van der Waals surface area contributed by atoms with Crippen molar-refractivity contribution in [2.45, 2.75) is 0 Å². The third kappa shape index (κ3) is 2.93. The van der Waals surface area contributed by atoms with E-state index < -0.39 is 0 Å². The van der Waals surface area contributed by atoms with Gasteiger partial charge in [0.25, 0.3) is 5.91 Å². The first-order valence-corrected chi connectivity index (χ1v) is 7.11. The van der Waals surface area contributed by atoms with Gasteiger partial charge in [-0.25, -0.2) is 9.97 Å². The summed E-state index contributed by atoms with van der Waals surface area (Å²) in [6.07, 6.45) is 3.44. The summed E-state index contributed by atoms with van der Waals surface area (Å²) >= 11 is 0. The van der Waals surface area contributed by atoms with Crippen molar-refractivity contribution in [3.8, 4) is 0 Å². The molecule has 0 saturated carbocycles. The molecule has 0 radical (unpaired) electrons. The highest BCUT2D eigenvalue weighted by Gasteiger charge is 2.23. The second-order valence-corrected chi connectivity index (χ2v) is 5.22. The summed E-state index contributed by atoms with van der Waals surface area (Å²) < 4.78 is 0. The van der Waals surface area contributed by atoms with Gasteiger partial charge in [-0.2, -0.15) is 0 Å². The van der Waals surface area contributed by atoms with E-state index in [4.69, 9.17) is 11.5 Å². The number of benzene rings is 1. The van der Waals surface area contributed by atoms with Crippen molar-refractivity contribution in [2.24, 2.45) is 0 Å². The molecule has 2 aromatic rings. The molecule has 0 spiro atoms. The molecule has 1 amide bonds. The van der Waals surface area contributed by atoms with Gasteiger partial charge in [-0.3, -0.25) is 4.79 Å². The number of rotatable bonds is 2. The van der Waals surface area contributed by atoms with Crippen molar-refractivity contribution in [3.05, 3.63) is 42.2 Å². The predicted octanol–water partition coefficient (Wildman–Crippen LogP) is 0.603. The zero-order chi connectivity index (χ0) is 15.5. The Morgan fingerprint density at radius 2 is 1.55 bits per heavy atom. The Kier molecular flexibility index (Phi) is 3.78. The van der Waals surface area contributed by atoms with Crippen LogP contribution in [0.15, 0.2) is 36.7 Å². The predicted molar refractivity (Wildman–Crippen MR) is 85.4 cm³/mol. The molecule has 1 saturated heterocycles. The number of anilines is 3. The van der Waals surface area contributed by atoms with Crippen LogP contribution >= 0.6 is 0 Å². The van der Waals surface area contributed by atoms with Gasteiger partial charge >= 0.3 is 0 Å². The van der Waals surface area contributed by atoms with Gasteiger partial charge in [0.1, 0.15) is 0 Å². The molecule has 0 unspecified atom stereocenters. The van der Waals surface area contributed by atoms with Crippen LogP contribution in [0.5, 0.6) is 0 Å². The van der Waals surface area contributed by atoms with Gasteiger partial charge in [-0.05, 0) is 24.3 Å². The molecule has 1 aliphatic heterocycles. The van der Waals surface area contributed by atoms with E-state index in [1.54, 1.807) is 41.6 Å². The van der Waals surface area contributed by atoms with Crippen molar-refractivity contribution in [1.82, 2.24) is 14.9 Å². The standard InChI is InChI=1S/C15H18N6O/c16-12-8-11(9-13(17)10-12)14(22)20-4-6-21(7-5-20)15-18-2-1-3-19-15/h1-3,8-10H,4-7,16-17H2. The number of hydrogen-bond donors (Lipinski definition) is 2. The molecule has 1 aromatic heterocycles. The lowest BCUT2D eigenvalue weighted by Crippen LogP contribution is -2.49. The number of carbonyl (C=O) groups is 1. The van der Waals surface area contributed by atoms with Gasteiger partial charge in [0.05, 0.1) is 0 Å². The minimum absolute atomic E-state index is 0.0485. The molecule has 114 valence electrons. The van der Waals surface area contributed by atoms with Crippen LogP contribution in [0, 0.1) is 0 Å². The van der Waals surface area contributed by atoms with Crippen molar-refractivity contribution in [1.29, 1.82) is 0 Å². The molecule has 7 nitrogen and oxygen atoms in total. The van der Waals surface area contributed by atoms with Crippen LogP contribution in [0.25, 0.3) is 0 Å². The fourth-order valence-corrected chi connectivity index (χ4v) is 2.55. The quantitative estimate of drug-likeness (QED) is 0.787. The Morgan fingerprint density at radius 3 is 2.14 bits per heavy atom. The fraction of sp³-hybridized carbons (Fsp3) is 0.267. The number of piperazine rings is 1. The Labute approximate surface area is 128 Å². The van der Waals surface area contributed by atoms with Crippen LogP contribution in [-0.4, -0.2) is 47.0 Å². The largest absolute Gasteiger partial charge is 0.399 e. The molecular formula is C15H18N6O. The molecule has 2 heterocycles. The maximum absolute atomic E-state index is 12.5. The van der Waals surface area contributed by atoms with Crippen LogP contribution in [0.1, 0.15) is 10.4 Å². The lowest BCUT2D eigenvalue weighted by molar-refractivity contribution is 0.0746. The first kappa shape index (κ1) is 14.1. The summed E-state index contributed by atoms with van der Waals surface area (Å²) in [5, 5.41) is 0. The van der Waals surface area contributed by atoms with Gasteiger partial charge in [0.2, 0.25) is 5.95 Å². The maximum atomic E-state index is 12.5. The van der Waals surface area contributed by atoms with Crippen molar-refractivity contribution in [3.63, 3.8) is 0 Å². The lowest BCUT2D eigenvalue weighted by atomic mass is 10.1. The fourth-order valence-electron chi connectivity index (χ4n) is 2.55. The number of aromatic nitrogens is 2. The second-order valence-electron chi connectivity index (χ2n) is 5.22. The first-order chi connectivity index (χ1) is 10.6. The van der Waals surface area contributed by atoms with Crippen molar-refractivity contribution < 1.29 is 4.79 Å². The monoisotopic (exact) mass is 298 g/mol. The molecule has 7 heteroatoms. The van der Waals surface area contributed by atoms with Gasteiger partial charge in [0, 0.05) is 55.5 Å². The van der Waals surface area contributed by atoms with Crippen LogP contribution in [-0.2, 0) is 0 Å². The summed E-state index contributed by atoms with van der Waals surface area (Å²) in [6.45, 7) is 2.64. The highest BCUT2D eigenvalue weighted by atomic mass is 16.2. The van der Waals surface area contributed by atoms with Crippen LogP contribution < -0.4 is 16.4 Å². The summed E-state index contributed by atoms with van der Waals surface area (Å²) in [6, 6.07) is 6.74. The Bertz CT molecular complexity index is 647.